The van der Waals surface area contributed by atoms with Gasteiger partial charge in [0.15, 0.2) is 0 Å². The first-order valence-electron chi connectivity index (χ1n) is 4.72. The van der Waals surface area contributed by atoms with E-state index in [0.29, 0.717) is 13.0 Å². The largest absolute Gasteiger partial charge is 0.396 e. The first-order chi connectivity index (χ1) is 6.11. The molecule has 1 rings (SSSR count). The summed E-state index contributed by atoms with van der Waals surface area (Å²) in [6, 6.07) is 0.219. The van der Waals surface area contributed by atoms with Gasteiger partial charge in [-0.2, -0.15) is 4.31 Å². The van der Waals surface area contributed by atoms with Crippen LogP contribution in [-0.2, 0) is 10.0 Å². The summed E-state index contributed by atoms with van der Waals surface area (Å²) in [7, 11) is -3.05. The van der Waals surface area contributed by atoms with Crippen molar-refractivity contribution in [2.24, 2.45) is 0 Å². The predicted molar refractivity (Wildman–Crippen MR) is 50.9 cm³/mol. The highest BCUT2D eigenvalue weighted by Crippen LogP contribution is 2.29. The van der Waals surface area contributed by atoms with Gasteiger partial charge in [0.05, 0.1) is 5.75 Å². The van der Waals surface area contributed by atoms with Crippen molar-refractivity contribution in [2.75, 3.05) is 18.9 Å². The van der Waals surface area contributed by atoms with Crippen LogP contribution in [0.25, 0.3) is 0 Å². The molecular weight excluding hydrogens is 190 g/mol. The second-order valence-electron chi connectivity index (χ2n) is 3.32. The van der Waals surface area contributed by atoms with E-state index in [2.05, 4.69) is 0 Å². The van der Waals surface area contributed by atoms with Crippen LogP contribution in [-0.4, -0.2) is 42.8 Å². The number of nitrogens with zero attached hydrogens (tertiary/aromatic N) is 1. The third-order valence-corrected chi connectivity index (χ3v) is 4.14. The van der Waals surface area contributed by atoms with Crippen LogP contribution in [0.15, 0.2) is 0 Å². The molecular formula is C8H17NO3S. The van der Waals surface area contributed by atoms with E-state index in [-0.39, 0.29) is 18.4 Å². The van der Waals surface area contributed by atoms with E-state index >= 15 is 0 Å². The van der Waals surface area contributed by atoms with E-state index in [1.54, 1.807) is 11.2 Å². The third-order valence-electron chi connectivity index (χ3n) is 2.21. The van der Waals surface area contributed by atoms with Crippen molar-refractivity contribution in [2.45, 2.75) is 32.2 Å². The zero-order chi connectivity index (χ0) is 9.90. The second-order valence-corrected chi connectivity index (χ2v) is 5.53. The molecule has 1 saturated carbocycles. The minimum Gasteiger partial charge on any atom is -0.396 e. The molecule has 13 heavy (non-hydrogen) atoms. The SMILES string of the molecule is CCS(=O)(=O)N(CCCO)C1CC1. The molecule has 0 heterocycles. The molecule has 0 aromatic heterocycles. The van der Waals surface area contributed by atoms with Gasteiger partial charge in [-0.15, -0.1) is 0 Å². The van der Waals surface area contributed by atoms with Crippen LogP contribution in [0.3, 0.4) is 0 Å². The van der Waals surface area contributed by atoms with Crippen LogP contribution in [0.2, 0.25) is 0 Å². The smallest absolute Gasteiger partial charge is 0.214 e. The number of sulfonamides is 1. The maximum absolute atomic E-state index is 11.5. The van der Waals surface area contributed by atoms with Crippen molar-refractivity contribution in [3.8, 4) is 0 Å². The van der Waals surface area contributed by atoms with E-state index in [0.717, 1.165) is 12.8 Å². The third kappa shape index (κ3) is 2.93. The van der Waals surface area contributed by atoms with Gasteiger partial charge >= 0.3 is 0 Å². The van der Waals surface area contributed by atoms with Crippen molar-refractivity contribution in [1.82, 2.24) is 4.31 Å². The van der Waals surface area contributed by atoms with Gasteiger partial charge in [-0.05, 0) is 26.2 Å². The van der Waals surface area contributed by atoms with Crippen LogP contribution >= 0.6 is 0 Å². The Morgan fingerprint density at radius 3 is 2.46 bits per heavy atom. The maximum Gasteiger partial charge on any atom is 0.214 e. The molecule has 0 radical (unpaired) electrons. The summed E-state index contributed by atoms with van der Waals surface area (Å²) >= 11 is 0. The minimum absolute atomic E-state index is 0.0580. The second kappa shape index (κ2) is 4.39. The van der Waals surface area contributed by atoms with E-state index in [9.17, 15) is 8.42 Å². The topological polar surface area (TPSA) is 57.6 Å². The van der Waals surface area contributed by atoms with Gasteiger partial charge < -0.3 is 5.11 Å². The number of aliphatic hydroxyl groups is 1. The Morgan fingerprint density at radius 1 is 1.46 bits per heavy atom. The lowest BCUT2D eigenvalue weighted by atomic mass is 10.4. The van der Waals surface area contributed by atoms with E-state index in [1.165, 1.54) is 0 Å². The van der Waals surface area contributed by atoms with Crippen LogP contribution in [0, 0.1) is 0 Å². The van der Waals surface area contributed by atoms with Crippen LogP contribution in [0.5, 0.6) is 0 Å². The van der Waals surface area contributed by atoms with E-state index < -0.39 is 10.0 Å². The Kier molecular flexibility index (Phi) is 3.70. The molecule has 1 fully saturated rings. The monoisotopic (exact) mass is 207 g/mol. The van der Waals surface area contributed by atoms with Crippen LogP contribution < -0.4 is 0 Å². The predicted octanol–water partition coefficient (Wildman–Crippen LogP) is 0.183. The molecule has 0 spiro atoms. The zero-order valence-electron chi connectivity index (χ0n) is 7.94. The fourth-order valence-corrected chi connectivity index (χ4v) is 2.71. The van der Waals surface area contributed by atoms with E-state index in [4.69, 9.17) is 5.11 Å². The van der Waals surface area contributed by atoms with Crippen molar-refractivity contribution >= 4 is 10.0 Å². The molecule has 0 bridgehead atoms. The normalized spacial score (nSPS) is 18.1. The molecule has 0 aliphatic heterocycles. The average Bonchev–Trinajstić information content (AvgIpc) is 2.89. The Labute approximate surface area is 79.6 Å². The molecule has 1 aliphatic rings. The van der Waals surface area contributed by atoms with Gasteiger partial charge in [0.1, 0.15) is 0 Å². The van der Waals surface area contributed by atoms with Crippen molar-refractivity contribution in [3.63, 3.8) is 0 Å². The summed E-state index contributed by atoms with van der Waals surface area (Å²) in [4.78, 5) is 0. The molecule has 0 unspecified atom stereocenters. The molecule has 0 saturated heterocycles. The fourth-order valence-electron chi connectivity index (χ4n) is 1.30. The van der Waals surface area contributed by atoms with Gasteiger partial charge in [-0.3, -0.25) is 0 Å². The molecule has 0 aromatic rings. The maximum atomic E-state index is 11.5. The van der Waals surface area contributed by atoms with Gasteiger partial charge in [-0.25, -0.2) is 8.42 Å². The fraction of sp³-hybridized carbons (Fsp3) is 1.00. The molecule has 78 valence electrons. The zero-order valence-corrected chi connectivity index (χ0v) is 8.76. The Hall–Kier alpha value is -0.130. The summed E-state index contributed by atoms with van der Waals surface area (Å²) < 4.78 is 24.6. The molecule has 1 N–H and O–H groups in total. The number of hydrogen-bond acceptors (Lipinski definition) is 3. The number of aliphatic hydroxyl groups excluding tert-OH is 1. The summed E-state index contributed by atoms with van der Waals surface area (Å²) in [5.41, 5.74) is 0. The average molecular weight is 207 g/mol. The van der Waals surface area contributed by atoms with Gasteiger partial charge in [-0.1, -0.05) is 0 Å². The quantitative estimate of drug-likeness (QED) is 0.676. The van der Waals surface area contributed by atoms with Crippen molar-refractivity contribution in [1.29, 1.82) is 0 Å². The Balaban J connectivity index is 2.56. The molecule has 0 aromatic carbocycles. The lowest BCUT2D eigenvalue weighted by molar-refractivity contribution is 0.267. The Morgan fingerprint density at radius 2 is 2.08 bits per heavy atom. The first-order valence-corrected chi connectivity index (χ1v) is 6.33. The summed E-state index contributed by atoms with van der Waals surface area (Å²) in [6.45, 7) is 2.18. The molecule has 0 atom stereocenters. The van der Waals surface area contributed by atoms with Gasteiger partial charge in [0, 0.05) is 19.2 Å². The van der Waals surface area contributed by atoms with Gasteiger partial charge in [0.25, 0.3) is 0 Å². The molecule has 5 heteroatoms. The molecule has 0 amide bonds. The summed E-state index contributed by atoms with van der Waals surface area (Å²) in [5, 5.41) is 8.63. The highest BCUT2D eigenvalue weighted by Gasteiger charge is 2.35. The number of rotatable bonds is 6. The van der Waals surface area contributed by atoms with Crippen molar-refractivity contribution in [3.05, 3.63) is 0 Å². The molecule has 1 aliphatic carbocycles. The summed E-state index contributed by atoms with van der Waals surface area (Å²) in [6.07, 6.45) is 2.49. The Bertz CT molecular complexity index is 246. The first kappa shape index (κ1) is 10.9. The van der Waals surface area contributed by atoms with Crippen molar-refractivity contribution < 1.29 is 13.5 Å². The van der Waals surface area contributed by atoms with Crippen LogP contribution in [0.1, 0.15) is 26.2 Å². The highest BCUT2D eigenvalue weighted by atomic mass is 32.2. The highest BCUT2D eigenvalue weighted by molar-refractivity contribution is 7.89. The minimum atomic E-state index is -3.05. The van der Waals surface area contributed by atoms with Crippen LogP contribution in [0.4, 0.5) is 0 Å². The number of hydrogen-bond donors (Lipinski definition) is 1. The lowest BCUT2D eigenvalue weighted by Gasteiger charge is -2.20. The van der Waals surface area contributed by atoms with Gasteiger partial charge in [0.2, 0.25) is 10.0 Å². The summed E-state index contributed by atoms with van der Waals surface area (Å²) in [5.74, 6) is 0.162. The molecule has 4 nitrogen and oxygen atoms in total. The van der Waals surface area contributed by atoms with E-state index in [1.807, 2.05) is 0 Å². The standard InChI is InChI=1S/C8H17NO3S/c1-2-13(11,12)9(6-3-7-10)8-4-5-8/h8,10H,2-7H2,1H3. The lowest BCUT2D eigenvalue weighted by Crippen LogP contribution is -2.35.